The summed E-state index contributed by atoms with van der Waals surface area (Å²) in [5.74, 6) is 1.36. The molecule has 3 aromatic rings. The van der Waals surface area contributed by atoms with E-state index in [4.69, 9.17) is 9.26 Å². The second kappa shape index (κ2) is 7.77. The SMILES string of the molecule is COc1cccc(CCS(=O)(=O)NCc2nc(-c3cccs3)no2)c1. The van der Waals surface area contributed by atoms with E-state index in [9.17, 15) is 8.42 Å². The van der Waals surface area contributed by atoms with E-state index in [2.05, 4.69) is 14.9 Å². The van der Waals surface area contributed by atoms with Crippen LogP contribution in [0.2, 0.25) is 0 Å². The van der Waals surface area contributed by atoms with Crippen molar-refractivity contribution < 1.29 is 17.7 Å². The number of thiophene rings is 1. The normalized spacial score (nSPS) is 11.6. The largest absolute Gasteiger partial charge is 0.497 e. The number of aromatic nitrogens is 2. The van der Waals surface area contributed by atoms with Crippen LogP contribution in [0, 0.1) is 0 Å². The third kappa shape index (κ3) is 4.88. The van der Waals surface area contributed by atoms with Crippen molar-refractivity contribution in [2.24, 2.45) is 0 Å². The summed E-state index contributed by atoms with van der Waals surface area (Å²) in [5, 5.41) is 5.76. The van der Waals surface area contributed by atoms with E-state index in [1.807, 2.05) is 41.8 Å². The van der Waals surface area contributed by atoms with Crippen LogP contribution in [0.15, 0.2) is 46.3 Å². The molecule has 0 aliphatic rings. The van der Waals surface area contributed by atoms with Crippen molar-refractivity contribution in [3.8, 4) is 16.5 Å². The second-order valence-electron chi connectivity index (χ2n) is 5.23. The first-order valence-corrected chi connectivity index (χ1v) is 10.1. The first-order chi connectivity index (χ1) is 12.1. The summed E-state index contributed by atoms with van der Waals surface area (Å²) in [6, 6.07) is 11.1. The molecule has 0 bridgehead atoms. The predicted octanol–water partition coefficient (Wildman–Crippen LogP) is 2.47. The van der Waals surface area contributed by atoms with Crippen LogP contribution in [-0.2, 0) is 23.0 Å². The molecule has 0 amide bonds. The lowest BCUT2D eigenvalue weighted by atomic mass is 10.2. The Morgan fingerprint density at radius 3 is 2.92 bits per heavy atom. The molecule has 2 aromatic heterocycles. The van der Waals surface area contributed by atoms with Gasteiger partial charge in [-0.3, -0.25) is 0 Å². The second-order valence-corrected chi connectivity index (χ2v) is 8.10. The van der Waals surface area contributed by atoms with Gasteiger partial charge in [-0.1, -0.05) is 23.4 Å². The molecule has 0 radical (unpaired) electrons. The molecule has 132 valence electrons. The lowest BCUT2D eigenvalue weighted by Crippen LogP contribution is -2.27. The molecule has 9 heteroatoms. The van der Waals surface area contributed by atoms with Crippen LogP contribution >= 0.6 is 11.3 Å². The van der Waals surface area contributed by atoms with Gasteiger partial charge >= 0.3 is 0 Å². The number of nitrogens with zero attached hydrogens (tertiary/aromatic N) is 2. The zero-order valence-corrected chi connectivity index (χ0v) is 15.1. The molecule has 7 nitrogen and oxygen atoms in total. The van der Waals surface area contributed by atoms with Gasteiger partial charge in [-0.05, 0) is 35.6 Å². The standard InChI is InChI=1S/C16H17N3O4S2/c1-22-13-5-2-4-12(10-13)7-9-25(20,21)17-11-15-18-16(19-23-15)14-6-3-8-24-14/h2-6,8,10,17H,7,9,11H2,1H3. The van der Waals surface area contributed by atoms with Gasteiger partial charge in [0.1, 0.15) is 5.75 Å². The van der Waals surface area contributed by atoms with E-state index >= 15 is 0 Å². The molecule has 0 spiro atoms. The fourth-order valence-electron chi connectivity index (χ4n) is 2.16. The molecule has 2 heterocycles. The molecule has 0 aliphatic carbocycles. The molecule has 25 heavy (non-hydrogen) atoms. The minimum Gasteiger partial charge on any atom is -0.497 e. The van der Waals surface area contributed by atoms with Gasteiger partial charge in [-0.25, -0.2) is 13.1 Å². The lowest BCUT2D eigenvalue weighted by Gasteiger charge is -2.06. The van der Waals surface area contributed by atoms with Gasteiger partial charge in [0.2, 0.25) is 21.7 Å². The van der Waals surface area contributed by atoms with Crippen molar-refractivity contribution in [3.63, 3.8) is 0 Å². The van der Waals surface area contributed by atoms with Crippen molar-refractivity contribution in [2.75, 3.05) is 12.9 Å². The fourth-order valence-corrected chi connectivity index (χ4v) is 3.80. The van der Waals surface area contributed by atoms with Gasteiger partial charge in [0.05, 0.1) is 24.3 Å². The number of nitrogens with one attached hydrogen (secondary N) is 1. The molecule has 0 fully saturated rings. The molecule has 0 unspecified atom stereocenters. The highest BCUT2D eigenvalue weighted by molar-refractivity contribution is 7.89. The van der Waals surface area contributed by atoms with Gasteiger partial charge < -0.3 is 9.26 Å². The van der Waals surface area contributed by atoms with Gasteiger partial charge in [0.15, 0.2) is 0 Å². The van der Waals surface area contributed by atoms with Crippen LogP contribution in [0.1, 0.15) is 11.5 Å². The molecule has 0 aliphatic heterocycles. The Labute approximate surface area is 149 Å². The Bertz CT molecular complexity index is 921. The molecule has 1 aromatic carbocycles. The summed E-state index contributed by atoms with van der Waals surface area (Å²) in [7, 11) is -1.88. The van der Waals surface area contributed by atoms with Crippen LogP contribution in [0.4, 0.5) is 0 Å². The molecule has 1 N–H and O–H groups in total. The number of aryl methyl sites for hydroxylation is 1. The average molecular weight is 379 g/mol. The average Bonchev–Trinajstić information content (AvgIpc) is 3.30. The van der Waals surface area contributed by atoms with Crippen LogP contribution in [0.25, 0.3) is 10.7 Å². The van der Waals surface area contributed by atoms with Crippen LogP contribution in [0.3, 0.4) is 0 Å². The molecular formula is C16H17N3O4S2. The Kier molecular flexibility index (Phi) is 5.47. The van der Waals surface area contributed by atoms with Gasteiger partial charge in [-0.15, -0.1) is 11.3 Å². The van der Waals surface area contributed by atoms with Crippen LogP contribution in [0.5, 0.6) is 5.75 Å². The first kappa shape index (κ1) is 17.6. The van der Waals surface area contributed by atoms with E-state index in [0.717, 1.165) is 10.4 Å². The van der Waals surface area contributed by atoms with Crippen molar-refractivity contribution in [2.45, 2.75) is 13.0 Å². The van der Waals surface area contributed by atoms with E-state index in [-0.39, 0.29) is 18.2 Å². The van der Waals surface area contributed by atoms with Gasteiger partial charge in [-0.2, -0.15) is 4.98 Å². The van der Waals surface area contributed by atoms with E-state index in [1.54, 1.807) is 7.11 Å². The highest BCUT2D eigenvalue weighted by Crippen LogP contribution is 2.21. The molecule has 0 saturated heterocycles. The third-order valence-corrected chi connectivity index (χ3v) is 5.64. The smallest absolute Gasteiger partial charge is 0.242 e. The number of hydrogen-bond donors (Lipinski definition) is 1. The Balaban J connectivity index is 1.55. The maximum Gasteiger partial charge on any atom is 0.242 e. The summed E-state index contributed by atoms with van der Waals surface area (Å²) in [6.07, 6.45) is 0.386. The molecule has 0 atom stereocenters. The van der Waals surface area contributed by atoms with E-state index in [1.165, 1.54) is 11.3 Å². The fraction of sp³-hybridized carbons (Fsp3) is 0.250. The van der Waals surface area contributed by atoms with Crippen molar-refractivity contribution in [1.29, 1.82) is 0 Å². The third-order valence-electron chi connectivity index (χ3n) is 3.45. The number of benzene rings is 1. The topological polar surface area (TPSA) is 94.3 Å². The summed E-state index contributed by atoms with van der Waals surface area (Å²) in [4.78, 5) is 5.06. The molecule has 3 rings (SSSR count). The number of rotatable bonds is 8. The number of methoxy groups -OCH3 is 1. The number of ether oxygens (including phenoxy) is 1. The Hall–Kier alpha value is -2.23. The van der Waals surface area contributed by atoms with Gasteiger partial charge in [0, 0.05) is 0 Å². The Morgan fingerprint density at radius 1 is 1.28 bits per heavy atom. The number of sulfonamides is 1. The lowest BCUT2D eigenvalue weighted by molar-refractivity contribution is 0.376. The zero-order chi connectivity index (χ0) is 17.7. The minimum atomic E-state index is -3.46. The van der Waals surface area contributed by atoms with Crippen LogP contribution in [-0.4, -0.2) is 31.4 Å². The summed E-state index contributed by atoms with van der Waals surface area (Å²) in [6.45, 7) is -0.0289. The summed E-state index contributed by atoms with van der Waals surface area (Å²) < 4.78 is 37.0. The van der Waals surface area contributed by atoms with Crippen LogP contribution < -0.4 is 9.46 Å². The first-order valence-electron chi connectivity index (χ1n) is 7.52. The monoisotopic (exact) mass is 379 g/mol. The van der Waals surface area contributed by atoms with Crippen molar-refractivity contribution >= 4 is 21.4 Å². The van der Waals surface area contributed by atoms with E-state index in [0.29, 0.717) is 18.0 Å². The maximum absolute atomic E-state index is 12.1. The molecule has 0 saturated carbocycles. The van der Waals surface area contributed by atoms with Crippen molar-refractivity contribution in [1.82, 2.24) is 14.9 Å². The quantitative estimate of drug-likeness (QED) is 0.646. The number of hydrogen-bond acceptors (Lipinski definition) is 7. The highest BCUT2D eigenvalue weighted by Gasteiger charge is 2.14. The minimum absolute atomic E-state index is 0.0289. The highest BCUT2D eigenvalue weighted by atomic mass is 32.2. The summed E-state index contributed by atoms with van der Waals surface area (Å²) in [5.41, 5.74) is 0.891. The summed E-state index contributed by atoms with van der Waals surface area (Å²) >= 11 is 1.49. The van der Waals surface area contributed by atoms with Gasteiger partial charge in [0.25, 0.3) is 0 Å². The van der Waals surface area contributed by atoms with E-state index < -0.39 is 10.0 Å². The predicted molar refractivity (Wildman–Crippen MR) is 94.9 cm³/mol. The zero-order valence-electron chi connectivity index (χ0n) is 13.5. The Morgan fingerprint density at radius 2 is 2.16 bits per heavy atom. The van der Waals surface area contributed by atoms with Crippen molar-refractivity contribution in [3.05, 3.63) is 53.2 Å². The maximum atomic E-state index is 12.1. The molecular weight excluding hydrogens is 362 g/mol.